The third-order valence-electron chi connectivity index (χ3n) is 5.64. The van der Waals surface area contributed by atoms with Gasteiger partial charge in [0, 0.05) is 18.1 Å². The normalized spacial score (nSPS) is 14.6. The number of halogens is 1. The maximum atomic E-state index is 13.0. The monoisotopic (exact) mass is 425 g/mol. The first kappa shape index (κ1) is 20.4. The highest BCUT2D eigenvalue weighted by Crippen LogP contribution is 2.15. The van der Waals surface area contributed by atoms with Crippen molar-refractivity contribution in [1.82, 2.24) is 14.0 Å². The van der Waals surface area contributed by atoms with Crippen molar-refractivity contribution in [2.24, 2.45) is 0 Å². The highest BCUT2D eigenvalue weighted by Gasteiger charge is 2.20. The van der Waals surface area contributed by atoms with Gasteiger partial charge < -0.3 is 4.90 Å². The van der Waals surface area contributed by atoms with Crippen molar-refractivity contribution < 1.29 is 4.79 Å². The lowest BCUT2D eigenvalue weighted by Crippen LogP contribution is -2.45. The number of nitrogens with zero attached hydrogens (tertiary/aromatic N) is 3. The van der Waals surface area contributed by atoms with Crippen molar-refractivity contribution in [2.75, 3.05) is 13.1 Å². The average molecular weight is 426 g/mol. The molecule has 2 aromatic carbocycles. The Kier molecular flexibility index (Phi) is 6.04. The smallest absolute Gasteiger partial charge is 0.317 e. The van der Waals surface area contributed by atoms with Crippen LogP contribution < -0.4 is 11.1 Å². The van der Waals surface area contributed by atoms with Crippen molar-refractivity contribution in [3.05, 3.63) is 79.8 Å². The molecule has 6 nitrogen and oxygen atoms in total. The summed E-state index contributed by atoms with van der Waals surface area (Å²) >= 11 is 5.95. The van der Waals surface area contributed by atoms with Gasteiger partial charge in [-0.3, -0.25) is 23.5 Å². The van der Waals surface area contributed by atoms with Gasteiger partial charge in [0.05, 0.1) is 17.6 Å². The fourth-order valence-corrected chi connectivity index (χ4v) is 4.14. The minimum Gasteiger partial charge on any atom is -0.341 e. The predicted molar refractivity (Wildman–Crippen MR) is 118 cm³/mol. The number of likely N-dealkylation sites (tertiary alicyclic amines) is 1. The molecule has 3 aromatic rings. The number of aromatic nitrogens is 2. The van der Waals surface area contributed by atoms with Crippen LogP contribution in [-0.2, 0) is 17.9 Å². The van der Waals surface area contributed by atoms with Crippen LogP contribution >= 0.6 is 11.6 Å². The van der Waals surface area contributed by atoms with Gasteiger partial charge in [0.25, 0.3) is 0 Å². The Labute approximate surface area is 179 Å². The van der Waals surface area contributed by atoms with E-state index in [1.54, 1.807) is 24.3 Å². The maximum Gasteiger partial charge on any atom is 0.317 e. The lowest BCUT2D eigenvalue weighted by Gasteiger charge is -2.22. The fourth-order valence-electron chi connectivity index (χ4n) is 4.01. The molecule has 4 rings (SSSR count). The molecule has 7 heteroatoms. The molecule has 1 amide bonds. The van der Waals surface area contributed by atoms with E-state index >= 15 is 0 Å². The molecule has 30 heavy (non-hydrogen) atoms. The van der Waals surface area contributed by atoms with Gasteiger partial charge in [-0.15, -0.1) is 0 Å². The Morgan fingerprint density at radius 1 is 0.800 bits per heavy atom. The standard InChI is InChI=1S/C23H24ClN3O3/c24-18-11-9-17(10-12-18)15-26-19-7-3-4-8-20(19)27(23(30)22(26)29)16-21(28)25-13-5-1-2-6-14-25/h3-4,7-12H,1-2,5-6,13-16H2. The number of hydrogen-bond donors (Lipinski definition) is 0. The van der Waals surface area contributed by atoms with E-state index in [0.29, 0.717) is 29.1 Å². The molecule has 1 fully saturated rings. The van der Waals surface area contributed by atoms with Gasteiger partial charge in [-0.1, -0.05) is 48.7 Å². The van der Waals surface area contributed by atoms with Gasteiger partial charge in [-0.2, -0.15) is 0 Å². The van der Waals surface area contributed by atoms with Crippen LogP contribution in [0.15, 0.2) is 58.1 Å². The van der Waals surface area contributed by atoms with Gasteiger partial charge in [-0.05, 0) is 42.7 Å². The van der Waals surface area contributed by atoms with Gasteiger partial charge in [0.2, 0.25) is 5.91 Å². The van der Waals surface area contributed by atoms with Crippen molar-refractivity contribution >= 4 is 28.5 Å². The highest BCUT2D eigenvalue weighted by molar-refractivity contribution is 6.30. The highest BCUT2D eigenvalue weighted by atomic mass is 35.5. The number of fused-ring (bicyclic) bond motifs is 1. The van der Waals surface area contributed by atoms with Gasteiger partial charge in [-0.25, -0.2) is 0 Å². The number of rotatable bonds is 4. The summed E-state index contributed by atoms with van der Waals surface area (Å²) in [5.74, 6) is -0.112. The topological polar surface area (TPSA) is 64.3 Å². The summed E-state index contributed by atoms with van der Waals surface area (Å²) in [6, 6.07) is 14.4. The Balaban J connectivity index is 1.74. The minimum atomic E-state index is -0.675. The Morgan fingerprint density at radius 3 is 2.00 bits per heavy atom. The number of hydrogen-bond acceptors (Lipinski definition) is 3. The van der Waals surface area contributed by atoms with E-state index < -0.39 is 11.1 Å². The van der Waals surface area contributed by atoms with E-state index in [4.69, 9.17) is 11.6 Å². The predicted octanol–water partition coefficient (Wildman–Crippen LogP) is 3.27. The molecule has 1 saturated heterocycles. The molecule has 1 aliphatic rings. The number of benzene rings is 2. The van der Waals surface area contributed by atoms with Crippen molar-refractivity contribution in [3.63, 3.8) is 0 Å². The molecule has 0 spiro atoms. The Hall–Kier alpha value is -2.86. The molecule has 1 aliphatic heterocycles. The number of carbonyl (C=O) groups is 1. The summed E-state index contributed by atoms with van der Waals surface area (Å²) < 4.78 is 2.79. The van der Waals surface area contributed by atoms with Crippen LogP contribution in [-0.4, -0.2) is 33.0 Å². The van der Waals surface area contributed by atoms with E-state index in [1.165, 1.54) is 9.13 Å². The summed E-state index contributed by atoms with van der Waals surface area (Å²) in [6.07, 6.45) is 4.19. The summed E-state index contributed by atoms with van der Waals surface area (Å²) in [5.41, 5.74) is 0.766. The Bertz CT molecular complexity index is 1170. The van der Waals surface area contributed by atoms with Crippen molar-refractivity contribution in [2.45, 2.75) is 38.8 Å². The van der Waals surface area contributed by atoms with Crippen molar-refractivity contribution in [1.29, 1.82) is 0 Å². The summed E-state index contributed by atoms with van der Waals surface area (Å²) in [7, 11) is 0. The molecule has 0 unspecified atom stereocenters. The van der Waals surface area contributed by atoms with Gasteiger partial charge in [0.15, 0.2) is 0 Å². The Morgan fingerprint density at radius 2 is 1.37 bits per heavy atom. The van der Waals surface area contributed by atoms with Crippen LogP contribution in [0.1, 0.15) is 31.2 Å². The summed E-state index contributed by atoms with van der Waals surface area (Å²) in [6.45, 7) is 1.56. The van der Waals surface area contributed by atoms with Crippen LogP contribution in [0.25, 0.3) is 11.0 Å². The van der Waals surface area contributed by atoms with E-state index in [1.807, 2.05) is 29.2 Å². The second-order valence-electron chi connectivity index (χ2n) is 7.69. The lowest BCUT2D eigenvalue weighted by molar-refractivity contribution is -0.131. The molecule has 0 aliphatic carbocycles. The third-order valence-corrected chi connectivity index (χ3v) is 5.89. The van der Waals surface area contributed by atoms with Crippen LogP contribution in [0, 0.1) is 0 Å². The van der Waals surface area contributed by atoms with Crippen LogP contribution in [0.4, 0.5) is 0 Å². The zero-order chi connectivity index (χ0) is 21.1. The first-order chi connectivity index (χ1) is 14.5. The van der Waals surface area contributed by atoms with Gasteiger partial charge in [0.1, 0.15) is 6.54 Å². The van der Waals surface area contributed by atoms with E-state index in [2.05, 4.69) is 0 Å². The molecule has 1 aromatic heterocycles. The zero-order valence-electron chi connectivity index (χ0n) is 16.7. The van der Waals surface area contributed by atoms with Crippen LogP contribution in [0.2, 0.25) is 5.02 Å². The molecular formula is C23H24ClN3O3. The second kappa shape index (κ2) is 8.88. The van der Waals surface area contributed by atoms with Crippen LogP contribution in [0.3, 0.4) is 0 Å². The fraction of sp³-hybridized carbons (Fsp3) is 0.348. The molecule has 2 heterocycles. The van der Waals surface area contributed by atoms with Crippen molar-refractivity contribution in [3.8, 4) is 0 Å². The molecule has 0 saturated carbocycles. The molecule has 0 bridgehead atoms. The molecule has 0 N–H and O–H groups in total. The largest absolute Gasteiger partial charge is 0.341 e. The van der Waals surface area contributed by atoms with Crippen LogP contribution in [0.5, 0.6) is 0 Å². The zero-order valence-corrected chi connectivity index (χ0v) is 17.5. The van der Waals surface area contributed by atoms with Gasteiger partial charge >= 0.3 is 11.1 Å². The third kappa shape index (κ3) is 4.19. The first-order valence-corrected chi connectivity index (χ1v) is 10.7. The molecule has 156 valence electrons. The molecule has 0 radical (unpaired) electrons. The van der Waals surface area contributed by atoms with E-state index in [-0.39, 0.29) is 19.0 Å². The minimum absolute atomic E-state index is 0.112. The average Bonchev–Trinajstić information content (AvgIpc) is 3.05. The lowest BCUT2D eigenvalue weighted by atomic mass is 10.2. The number of carbonyl (C=O) groups excluding carboxylic acids is 1. The number of para-hydroxylation sites is 2. The maximum absolute atomic E-state index is 13.0. The first-order valence-electron chi connectivity index (χ1n) is 10.3. The van der Waals surface area contributed by atoms with E-state index in [9.17, 15) is 14.4 Å². The summed E-state index contributed by atoms with van der Waals surface area (Å²) in [4.78, 5) is 40.6. The molecule has 0 atom stereocenters. The SMILES string of the molecule is O=C(Cn1c(=O)c(=O)n(Cc2ccc(Cl)cc2)c2ccccc21)N1CCCCCC1. The second-order valence-corrected chi connectivity index (χ2v) is 8.13. The quantitative estimate of drug-likeness (QED) is 0.602. The summed E-state index contributed by atoms with van der Waals surface area (Å²) in [5, 5.41) is 0.610. The number of amides is 1. The molecular weight excluding hydrogens is 402 g/mol. The van der Waals surface area contributed by atoms with E-state index in [0.717, 1.165) is 31.2 Å².